The van der Waals surface area contributed by atoms with Crippen LogP contribution >= 0.6 is 0 Å². The van der Waals surface area contributed by atoms with E-state index in [2.05, 4.69) is 10.2 Å². The maximum Gasteiger partial charge on any atom is 0.273 e. The molecule has 0 aliphatic heterocycles. The van der Waals surface area contributed by atoms with Crippen LogP contribution in [-0.2, 0) is 0 Å². The minimum Gasteiger partial charge on any atom is -0.508 e. The molecule has 0 atom stereocenters. The van der Waals surface area contributed by atoms with E-state index in [1.807, 2.05) is 0 Å². The molecule has 0 spiro atoms. The Bertz CT molecular complexity index is 897. The number of nitro benzene ring substituents is 1. The van der Waals surface area contributed by atoms with Gasteiger partial charge < -0.3 is 14.6 Å². The fourth-order valence-electron chi connectivity index (χ4n) is 2.08. The largest absolute Gasteiger partial charge is 0.508 e. The van der Waals surface area contributed by atoms with Gasteiger partial charge in [0.15, 0.2) is 17.2 Å². The van der Waals surface area contributed by atoms with Gasteiger partial charge in [-0.1, -0.05) is 0 Å². The number of nitrogens with zero attached hydrogens (tertiary/aromatic N) is 3. The molecule has 3 aromatic rings. The number of rotatable bonds is 4. The molecule has 116 valence electrons. The van der Waals surface area contributed by atoms with Gasteiger partial charge in [-0.2, -0.15) is 10.2 Å². The molecule has 2 aromatic carbocycles. The SMILES string of the molecule is COc1cc([N+](=O)[O-])ccc1Oc1cnnc2cc(O)ccc12. The fourth-order valence-corrected chi connectivity index (χ4v) is 2.08. The van der Waals surface area contributed by atoms with Crippen molar-refractivity contribution in [2.45, 2.75) is 0 Å². The lowest BCUT2D eigenvalue weighted by Gasteiger charge is -2.11. The van der Waals surface area contributed by atoms with Crippen LogP contribution in [-0.4, -0.2) is 27.3 Å². The molecule has 0 aliphatic carbocycles. The molecule has 0 amide bonds. The number of aromatic nitrogens is 2. The number of hydrogen-bond acceptors (Lipinski definition) is 7. The number of fused-ring (bicyclic) bond motifs is 1. The number of phenolic OH excluding ortho intramolecular Hbond substituents is 1. The van der Waals surface area contributed by atoms with Crippen molar-refractivity contribution in [2.75, 3.05) is 7.11 Å². The highest BCUT2D eigenvalue weighted by Gasteiger charge is 2.14. The predicted molar refractivity (Wildman–Crippen MR) is 80.9 cm³/mol. The number of hydrogen-bond donors (Lipinski definition) is 1. The van der Waals surface area contributed by atoms with E-state index in [0.717, 1.165) is 0 Å². The first-order valence-electron chi connectivity index (χ1n) is 6.53. The first-order chi connectivity index (χ1) is 11.1. The molecule has 0 unspecified atom stereocenters. The van der Waals surface area contributed by atoms with Gasteiger partial charge in [-0.3, -0.25) is 10.1 Å². The molecule has 0 saturated heterocycles. The Balaban J connectivity index is 2.04. The van der Waals surface area contributed by atoms with Gasteiger partial charge in [0.25, 0.3) is 5.69 Å². The summed E-state index contributed by atoms with van der Waals surface area (Å²) in [4.78, 5) is 10.3. The smallest absolute Gasteiger partial charge is 0.273 e. The molecule has 8 heteroatoms. The van der Waals surface area contributed by atoms with E-state index < -0.39 is 4.92 Å². The predicted octanol–water partition coefficient (Wildman–Crippen LogP) is 3.04. The van der Waals surface area contributed by atoms with E-state index in [-0.39, 0.29) is 17.2 Å². The number of ether oxygens (including phenoxy) is 2. The second-order valence-electron chi connectivity index (χ2n) is 4.60. The summed E-state index contributed by atoms with van der Waals surface area (Å²) in [5, 5.41) is 28.7. The first kappa shape index (κ1) is 14.5. The van der Waals surface area contributed by atoms with Crippen molar-refractivity contribution in [1.82, 2.24) is 10.2 Å². The maximum absolute atomic E-state index is 10.8. The van der Waals surface area contributed by atoms with Crippen molar-refractivity contribution in [3.05, 3.63) is 52.7 Å². The summed E-state index contributed by atoms with van der Waals surface area (Å²) < 4.78 is 10.9. The van der Waals surface area contributed by atoms with E-state index in [9.17, 15) is 15.2 Å². The zero-order chi connectivity index (χ0) is 16.4. The van der Waals surface area contributed by atoms with Gasteiger partial charge in [0.2, 0.25) is 0 Å². The van der Waals surface area contributed by atoms with Gasteiger partial charge in [-0.25, -0.2) is 0 Å². The maximum atomic E-state index is 10.8. The van der Waals surface area contributed by atoms with Crippen molar-refractivity contribution in [3.63, 3.8) is 0 Å². The van der Waals surface area contributed by atoms with Crippen LogP contribution in [0.5, 0.6) is 23.0 Å². The van der Waals surface area contributed by atoms with Crippen LogP contribution in [0.3, 0.4) is 0 Å². The standard InChI is InChI=1S/C15H11N3O5/c1-22-14-6-9(18(20)21)2-5-13(14)23-15-8-16-17-12-7-10(19)3-4-11(12)15/h2-8,19H,1H3. The molecule has 0 bridgehead atoms. The summed E-state index contributed by atoms with van der Waals surface area (Å²) in [6, 6.07) is 8.65. The molecule has 0 aliphatic rings. The quantitative estimate of drug-likeness (QED) is 0.582. The highest BCUT2D eigenvalue weighted by Crippen LogP contribution is 2.36. The molecule has 23 heavy (non-hydrogen) atoms. The summed E-state index contributed by atoms with van der Waals surface area (Å²) in [5.74, 6) is 0.988. The lowest BCUT2D eigenvalue weighted by molar-refractivity contribution is -0.384. The van der Waals surface area contributed by atoms with Crippen molar-refractivity contribution in [2.24, 2.45) is 0 Å². The normalized spacial score (nSPS) is 10.5. The van der Waals surface area contributed by atoms with Crippen LogP contribution in [0, 0.1) is 10.1 Å². The van der Waals surface area contributed by atoms with Crippen molar-refractivity contribution in [1.29, 1.82) is 0 Å². The molecule has 8 nitrogen and oxygen atoms in total. The van der Waals surface area contributed by atoms with Crippen molar-refractivity contribution >= 4 is 16.6 Å². The number of benzene rings is 2. The average molecular weight is 313 g/mol. The van der Waals surface area contributed by atoms with Crippen LogP contribution in [0.1, 0.15) is 0 Å². The zero-order valence-electron chi connectivity index (χ0n) is 12.0. The van der Waals surface area contributed by atoms with E-state index >= 15 is 0 Å². The summed E-state index contributed by atoms with van der Waals surface area (Å²) in [6.45, 7) is 0. The Morgan fingerprint density at radius 3 is 2.70 bits per heavy atom. The van der Waals surface area contributed by atoms with Crippen LogP contribution in [0.15, 0.2) is 42.6 Å². The second kappa shape index (κ2) is 5.76. The summed E-state index contributed by atoms with van der Waals surface area (Å²) >= 11 is 0. The molecule has 0 fully saturated rings. The lowest BCUT2D eigenvalue weighted by Crippen LogP contribution is -1.95. The van der Waals surface area contributed by atoms with Gasteiger partial charge in [0.05, 0.1) is 24.3 Å². The van der Waals surface area contributed by atoms with E-state index in [0.29, 0.717) is 22.4 Å². The molecule has 0 saturated carbocycles. The molecule has 1 heterocycles. The van der Waals surface area contributed by atoms with E-state index in [1.165, 1.54) is 43.6 Å². The monoisotopic (exact) mass is 313 g/mol. The third kappa shape index (κ3) is 2.82. The number of phenols is 1. The zero-order valence-corrected chi connectivity index (χ0v) is 12.0. The summed E-state index contributed by atoms with van der Waals surface area (Å²) in [7, 11) is 1.40. The van der Waals surface area contributed by atoms with Gasteiger partial charge >= 0.3 is 0 Å². The van der Waals surface area contributed by atoms with E-state index in [1.54, 1.807) is 6.07 Å². The van der Waals surface area contributed by atoms with Gasteiger partial charge in [-0.15, -0.1) is 0 Å². The minimum absolute atomic E-state index is 0.0665. The van der Waals surface area contributed by atoms with Gasteiger partial charge in [0.1, 0.15) is 11.3 Å². The third-order valence-electron chi connectivity index (χ3n) is 3.17. The highest BCUT2D eigenvalue weighted by atomic mass is 16.6. The molecular formula is C15H11N3O5. The van der Waals surface area contributed by atoms with Crippen molar-refractivity contribution in [3.8, 4) is 23.0 Å². The fraction of sp³-hybridized carbons (Fsp3) is 0.0667. The number of nitro groups is 1. The molecule has 1 aromatic heterocycles. The average Bonchev–Trinajstić information content (AvgIpc) is 2.55. The topological polar surface area (TPSA) is 108 Å². The van der Waals surface area contributed by atoms with E-state index in [4.69, 9.17) is 9.47 Å². The Kier molecular flexibility index (Phi) is 3.63. The summed E-state index contributed by atoms with van der Waals surface area (Å²) in [6.07, 6.45) is 1.42. The third-order valence-corrected chi connectivity index (χ3v) is 3.17. The molecule has 1 N–H and O–H groups in total. The second-order valence-corrected chi connectivity index (χ2v) is 4.60. The highest BCUT2D eigenvalue weighted by molar-refractivity contribution is 5.85. The molecule has 3 rings (SSSR count). The summed E-state index contributed by atoms with van der Waals surface area (Å²) in [5.41, 5.74) is 0.361. The van der Waals surface area contributed by atoms with Crippen LogP contribution in [0.4, 0.5) is 5.69 Å². The molecule has 0 radical (unpaired) electrons. The van der Waals surface area contributed by atoms with Crippen molar-refractivity contribution < 1.29 is 19.5 Å². The number of methoxy groups -OCH3 is 1. The van der Waals surface area contributed by atoms with Gasteiger partial charge in [0, 0.05) is 17.5 Å². The Morgan fingerprint density at radius 1 is 1.13 bits per heavy atom. The molecular weight excluding hydrogens is 302 g/mol. The van der Waals surface area contributed by atoms with Crippen LogP contribution < -0.4 is 9.47 Å². The minimum atomic E-state index is -0.515. The van der Waals surface area contributed by atoms with Gasteiger partial charge in [-0.05, 0) is 18.2 Å². The number of aromatic hydroxyl groups is 1. The lowest BCUT2D eigenvalue weighted by atomic mass is 10.2. The van der Waals surface area contributed by atoms with Crippen LogP contribution in [0.2, 0.25) is 0 Å². The Morgan fingerprint density at radius 2 is 1.96 bits per heavy atom. The number of non-ortho nitro benzene ring substituents is 1. The first-order valence-corrected chi connectivity index (χ1v) is 6.53. The Labute approximate surface area is 130 Å². The Hall–Kier alpha value is -3.42. The van der Waals surface area contributed by atoms with Crippen LogP contribution in [0.25, 0.3) is 10.9 Å².